The van der Waals surface area contributed by atoms with Crippen LogP contribution >= 0.6 is 12.4 Å². The zero-order valence-corrected chi connectivity index (χ0v) is 13.7. The largest absolute Gasteiger partial charge is 0.481 e. The van der Waals surface area contributed by atoms with Gasteiger partial charge in [0.05, 0.1) is 5.92 Å². The minimum absolute atomic E-state index is 0. The van der Waals surface area contributed by atoms with Gasteiger partial charge in [-0.15, -0.1) is 12.4 Å². The van der Waals surface area contributed by atoms with Crippen LogP contribution in [0.15, 0.2) is 0 Å². The maximum Gasteiger partial charge on any atom is 0.306 e. The summed E-state index contributed by atoms with van der Waals surface area (Å²) >= 11 is 0. The summed E-state index contributed by atoms with van der Waals surface area (Å²) in [7, 11) is 0. The molecule has 0 aromatic heterocycles. The maximum absolute atomic E-state index is 10.9. The molecular formula is C16H30ClNO2. The Morgan fingerprint density at radius 2 is 1.65 bits per heavy atom. The van der Waals surface area contributed by atoms with Crippen molar-refractivity contribution in [1.82, 2.24) is 4.90 Å². The van der Waals surface area contributed by atoms with Crippen molar-refractivity contribution in [3.63, 3.8) is 0 Å². The number of carboxylic acids is 1. The molecule has 0 amide bonds. The van der Waals surface area contributed by atoms with Crippen molar-refractivity contribution in [2.75, 3.05) is 19.6 Å². The van der Waals surface area contributed by atoms with E-state index in [2.05, 4.69) is 18.7 Å². The monoisotopic (exact) mass is 303 g/mol. The highest BCUT2D eigenvalue weighted by atomic mass is 35.5. The number of halogens is 1. The zero-order valence-electron chi connectivity index (χ0n) is 12.9. The molecule has 2 fully saturated rings. The first-order chi connectivity index (χ1) is 9.06. The Hall–Kier alpha value is -0.280. The topological polar surface area (TPSA) is 40.5 Å². The molecule has 0 spiro atoms. The van der Waals surface area contributed by atoms with Gasteiger partial charge in [0.2, 0.25) is 0 Å². The van der Waals surface area contributed by atoms with Gasteiger partial charge in [0.15, 0.2) is 0 Å². The first-order valence-electron chi connectivity index (χ1n) is 8.01. The van der Waals surface area contributed by atoms with Gasteiger partial charge < -0.3 is 10.0 Å². The van der Waals surface area contributed by atoms with Gasteiger partial charge in [-0.1, -0.05) is 13.8 Å². The number of nitrogens with zero attached hydrogens (tertiary/aromatic N) is 1. The molecule has 0 atom stereocenters. The van der Waals surface area contributed by atoms with E-state index >= 15 is 0 Å². The molecule has 1 heterocycles. The fourth-order valence-electron chi connectivity index (χ4n) is 3.77. The Bertz CT molecular complexity index is 293. The molecule has 0 bridgehead atoms. The van der Waals surface area contributed by atoms with E-state index in [0.29, 0.717) is 0 Å². The molecule has 3 nitrogen and oxygen atoms in total. The van der Waals surface area contributed by atoms with Crippen LogP contribution in [0.1, 0.15) is 52.4 Å². The fraction of sp³-hybridized carbons (Fsp3) is 0.938. The summed E-state index contributed by atoms with van der Waals surface area (Å²) in [4.78, 5) is 13.4. The van der Waals surface area contributed by atoms with E-state index in [1.807, 2.05) is 0 Å². The average Bonchev–Trinajstić information content (AvgIpc) is 2.40. The smallest absolute Gasteiger partial charge is 0.306 e. The summed E-state index contributed by atoms with van der Waals surface area (Å²) in [5.41, 5.74) is 0. The average molecular weight is 304 g/mol. The van der Waals surface area contributed by atoms with Crippen LogP contribution in [0.2, 0.25) is 0 Å². The van der Waals surface area contributed by atoms with Crippen molar-refractivity contribution in [2.45, 2.75) is 52.4 Å². The fourth-order valence-corrected chi connectivity index (χ4v) is 3.77. The Kier molecular flexibility index (Phi) is 7.32. The third kappa shape index (κ3) is 4.92. The minimum atomic E-state index is -0.600. The number of hydrogen-bond acceptors (Lipinski definition) is 2. The van der Waals surface area contributed by atoms with Crippen LogP contribution < -0.4 is 0 Å². The molecule has 1 aliphatic heterocycles. The first-order valence-corrected chi connectivity index (χ1v) is 8.01. The Labute approximate surface area is 129 Å². The van der Waals surface area contributed by atoms with E-state index in [4.69, 9.17) is 5.11 Å². The first kappa shape index (κ1) is 17.8. The van der Waals surface area contributed by atoms with Crippen molar-refractivity contribution < 1.29 is 9.90 Å². The summed E-state index contributed by atoms with van der Waals surface area (Å²) < 4.78 is 0. The van der Waals surface area contributed by atoms with Gasteiger partial charge in [-0.05, 0) is 69.4 Å². The molecule has 0 radical (unpaired) electrons. The normalized spacial score (nSPS) is 29.1. The lowest BCUT2D eigenvalue weighted by Gasteiger charge is -2.36. The number of aliphatic carboxylic acids is 1. The third-order valence-electron chi connectivity index (χ3n) is 5.29. The molecule has 2 rings (SSSR count). The molecule has 118 valence electrons. The highest BCUT2D eigenvalue weighted by Gasteiger charge is 2.28. The van der Waals surface area contributed by atoms with Crippen LogP contribution in [0.3, 0.4) is 0 Å². The molecule has 4 heteroatoms. The standard InChI is InChI=1S/C16H29NO2.ClH/c1-12(2)14-5-3-13(4-6-14)11-17-9-7-15(8-10-17)16(18)19;/h12-15H,3-11H2,1-2H3,(H,18,19);1H. The van der Waals surface area contributed by atoms with Gasteiger partial charge in [-0.25, -0.2) is 0 Å². The number of carbonyl (C=O) groups is 1. The second-order valence-corrected chi connectivity index (χ2v) is 6.94. The number of rotatable bonds is 4. The second kappa shape index (κ2) is 8.23. The van der Waals surface area contributed by atoms with E-state index in [9.17, 15) is 4.79 Å². The predicted octanol–water partition coefficient (Wildman–Crippen LogP) is 3.67. The van der Waals surface area contributed by atoms with E-state index < -0.39 is 5.97 Å². The molecule has 2 aliphatic rings. The van der Waals surface area contributed by atoms with Gasteiger partial charge in [-0.3, -0.25) is 4.79 Å². The lowest BCUT2D eigenvalue weighted by atomic mass is 9.76. The zero-order chi connectivity index (χ0) is 13.8. The Morgan fingerprint density at radius 1 is 1.10 bits per heavy atom. The Morgan fingerprint density at radius 3 is 2.10 bits per heavy atom. The number of carboxylic acid groups (broad SMARTS) is 1. The van der Waals surface area contributed by atoms with Crippen molar-refractivity contribution in [3.05, 3.63) is 0 Å². The number of likely N-dealkylation sites (tertiary alicyclic amines) is 1. The van der Waals surface area contributed by atoms with Crippen LogP contribution in [-0.4, -0.2) is 35.6 Å². The molecule has 1 saturated carbocycles. The van der Waals surface area contributed by atoms with Gasteiger partial charge in [0, 0.05) is 6.54 Å². The molecular weight excluding hydrogens is 274 g/mol. The van der Waals surface area contributed by atoms with E-state index in [1.165, 1.54) is 32.2 Å². The van der Waals surface area contributed by atoms with Crippen molar-refractivity contribution >= 4 is 18.4 Å². The lowest BCUT2D eigenvalue weighted by Crippen LogP contribution is -2.39. The van der Waals surface area contributed by atoms with Crippen LogP contribution in [0.5, 0.6) is 0 Å². The number of piperidine rings is 1. The molecule has 0 aromatic carbocycles. The van der Waals surface area contributed by atoms with E-state index in [-0.39, 0.29) is 18.3 Å². The number of hydrogen-bond donors (Lipinski definition) is 1. The van der Waals surface area contributed by atoms with Gasteiger partial charge >= 0.3 is 5.97 Å². The van der Waals surface area contributed by atoms with Crippen LogP contribution in [0.25, 0.3) is 0 Å². The Balaban J connectivity index is 0.00000200. The summed E-state index contributed by atoms with van der Waals surface area (Å²) in [6.45, 7) is 7.88. The molecule has 1 N–H and O–H groups in total. The third-order valence-corrected chi connectivity index (χ3v) is 5.29. The lowest BCUT2D eigenvalue weighted by molar-refractivity contribution is -0.143. The summed E-state index contributed by atoms with van der Waals surface area (Å²) in [6.07, 6.45) is 7.23. The quantitative estimate of drug-likeness (QED) is 0.861. The summed E-state index contributed by atoms with van der Waals surface area (Å²) in [6, 6.07) is 0. The van der Waals surface area contributed by atoms with Gasteiger partial charge in [0.1, 0.15) is 0 Å². The predicted molar refractivity (Wildman–Crippen MR) is 84.3 cm³/mol. The molecule has 1 saturated heterocycles. The van der Waals surface area contributed by atoms with Crippen LogP contribution in [0, 0.1) is 23.7 Å². The van der Waals surface area contributed by atoms with Gasteiger partial charge in [-0.2, -0.15) is 0 Å². The minimum Gasteiger partial charge on any atom is -0.481 e. The summed E-state index contributed by atoms with van der Waals surface area (Å²) in [5, 5.41) is 9.01. The van der Waals surface area contributed by atoms with Crippen molar-refractivity contribution in [1.29, 1.82) is 0 Å². The molecule has 0 aromatic rings. The van der Waals surface area contributed by atoms with Gasteiger partial charge in [0.25, 0.3) is 0 Å². The maximum atomic E-state index is 10.9. The highest BCUT2D eigenvalue weighted by Crippen LogP contribution is 2.34. The molecule has 0 unspecified atom stereocenters. The summed E-state index contributed by atoms with van der Waals surface area (Å²) in [5.74, 6) is 1.95. The SMILES string of the molecule is CC(C)C1CCC(CN2CCC(C(=O)O)CC2)CC1.Cl. The van der Waals surface area contributed by atoms with Crippen molar-refractivity contribution in [3.8, 4) is 0 Å². The second-order valence-electron chi connectivity index (χ2n) is 6.94. The van der Waals surface area contributed by atoms with Crippen LogP contribution in [-0.2, 0) is 4.79 Å². The molecule has 20 heavy (non-hydrogen) atoms. The van der Waals surface area contributed by atoms with Crippen molar-refractivity contribution in [2.24, 2.45) is 23.7 Å². The van der Waals surface area contributed by atoms with Crippen LogP contribution in [0.4, 0.5) is 0 Å². The van der Waals surface area contributed by atoms with E-state index in [0.717, 1.165) is 43.7 Å². The highest BCUT2D eigenvalue weighted by molar-refractivity contribution is 5.85. The van der Waals surface area contributed by atoms with E-state index in [1.54, 1.807) is 0 Å². The molecule has 1 aliphatic carbocycles.